The number of aliphatic hydroxyl groups is 1. The topological polar surface area (TPSA) is 50.9 Å². The van der Waals surface area contributed by atoms with E-state index in [0.717, 1.165) is 29.1 Å². The molecule has 0 aromatic carbocycles. The van der Waals surface area contributed by atoms with Gasteiger partial charge in [0.1, 0.15) is 0 Å². The average molecular weight is 245 g/mol. The molecule has 1 atom stereocenters. The van der Waals surface area contributed by atoms with Gasteiger partial charge in [-0.15, -0.1) is 0 Å². The molecule has 0 saturated carbocycles. The predicted molar refractivity (Wildman–Crippen MR) is 70.2 cm³/mol. The van der Waals surface area contributed by atoms with E-state index in [1.807, 2.05) is 43.8 Å². The number of hydrogen-bond acceptors (Lipinski definition) is 3. The predicted octanol–water partition coefficient (Wildman–Crippen LogP) is 2.10. The van der Waals surface area contributed by atoms with Gasteiger partial charge in [-0.1, -0.05) is 6.07 Å². The van der Waals surface area contributed by atoms with Crippen LogP contribution in [-0.2, 0) is 13.5 Å². The second kappa shape index (κ2) is 5.31. The molecule has 4 heteroatoms. The zero-order chi connectivity index (χ0) is 13.1. The number of pyridine rings is 1. The summed E-state index contributed by atoms with van der Waals surface area (Å²) in [6, 6.07) is 5.88. The molecule has 18 heavy (non-hydrogen) atoms. The van der Waals surface area contributed by atoms with Crippen LogP contribution in [0.5, 0.6) is 0 Å². The lowest BCUT2D eigenvalue weighted by atomic mass is 10.0. The third-order valence-corrected chi connectivity index (χ3v) is 3.22. The Balaban J connectivity index is 2.03. The minimum Gasteiger partial charge on any atom is -0.388 e. The summed E-state index contributed by atoms with van der Waals surface area (Å²) in [7, 11) is 1.92. The molecule has 2 rings (SSSR count). The molecule has 0 aliphatic carbocycles. The first-order chi connectivity index (χ1) is 8.58. The Morgan fingerprint density at radius 2 is 2.06 bits per heavy atom. The molecule has 0 amide bonds. The van der Waals surface area contributed by atoms with Crippen molar-refractivity contribution in [3.8, 4) is 0 Å². The summed E-state index contributed by atoms with van der Waals surface area (Å²) >= 11 is 0. The van der Waals surface area contributed by atoms with Gasteiger partial charge in [0, 0.05) is 35.9 Å². The number of rotatable bonds is 4. The van der Waals surface area contributed by atoms with Gasteiger partial charge in [-0.25, -0.2) is 0 Å². The van der Waals surface area contributed by atoms with E-state index in [4.69, 9.17) is 0 Å². The van der Waals surface area contributed by atoms with E-state index in [1.54, 1.807) is 6.20 Å². The van der Waals surface area contributed by atoms with E-state index in [2.05, 4.69) is 10.1 Å². The zero-order valence-corrected chi connectivity index (χ0v) is 11.1. The first-order valence-electron chi connectivity index (χ1n) is 6.17. The molecule has 1 unspecified atom stereocenters. The van der Waals surface area contributed by atoms with Crippen molar-refractivity contribution < 1.29 is 5.11 Å². The smallest absolute Gasteiger partial charge is 0.0811 e. The Kier molecular flexibility index (Phi) is 3.77. The monoisotopic (exact) mass is 245 g/mol. The third kappa shape index (κ3) is 2.76. The molecule has 0 aliphatic rings. The molecule has 2 heterocycles. The van der Waals surface area contributed by atoms with Crippen LogP contribution >= 0.6 is 0 Å². The highest BCUT2D eigenvalue weighted by molar-refractivity contribution is 5.24. The van der Waals surface area contributed by atoms with E-state index in [-0.39, 0.29) is 0 Å². The normalized spacial score (nSPS) is 12.7. The molecule has 4 nitrogen and oxygen atoms in total. The van der Waals surface area contributed by atoms with E-state index < -0.39 is 6.10 Å². The Hall–Kier alpha value is -1.68. The van der Waals surface area contributed by atoms with Crippen LogP contribution in [-0.4, -0.2) is 19.9 Å². The first-order valence-corrected chi connectivity index (χ1v) is 6.17. The van der Waals surface area contributed by atoms with Crippen LogP contribution < -0.4 is 0 Å². The maximum Gasteiger partial charge on any atom is 0.0811 e. The van der Waals surface area contributed by atoms with Crippen LogP contribution in [0.1, 0.15) is 35.2 Å². The van der Waals surface area contributed by atoms with Gasteiger partial charge in [0.05, 0.1) is 6.10 Å². The van der Waals surface area contributed by atoms with Gasteiger partial charge in [0.15, 0.2) is 0 Å². The number of aryl methyl sites for hydroxylation is 4. The molecule has 0 bridgehead atoms. The Morgan fingerprint density at radius 1 is 1.28 bits per heavy atom. The van der Waals surface area contributed by atoms with E-state index in [9.17, 15) is 5.11 Å². The molecule has 0 fully saturated rings. The summed E-state index contributed by atoms with van der Waals surface area (Å²) in [6.07, 6.45) is 2.81. The minimum atomic E-state index is -0.465. The maximum absolute atomic E-state index is 10.2. The molecule has 0 radical (unpaired) electrons. The fourth-order valence-electron chi connectivity index (χ4n) is 2.14. The van der Waals surface area contributed by atoms with Crippen LogP contribution in [0.2, 0.25) is 0 Å². The molecular weight excluding hydrogens is 226 g/mol. The first kappa shape index (κ1) is 12.8. The molecule has 0 spiro atoms. The lowest BCUT2D eigenvalue weighted by Crippen LogP contribution is -2.06. The fourth-order valence-corrected chi connectivity index (χ4v) is 2.14. The van der Waals surface area contributed by atoms with Gasteiger partial charge in [-0.3, -0.25) is 9.67 Å². The van der Waals surface area contributed by atoms with Gasteiger partial charge < -0.3 is 5.11 Å². The van der Waals surface area contributed by atoms with Crippen molar-refractivity contribution in [1.29, 1.82) is 0 Å². The van der Waals surface area contributed by atoms with Gasteiger partial charge in [0.25, 0.3) is 0 Å². The van der Waals surface area contributed by atoms with E-state index >= 15 is 0 Å². The highest BCUT2D eigenvalue weighted by Gasteiger charge is 2.12. The second-order valence-corrected chi connectivity index (χ2v) is 4.63. The lowest BCUT2D eigenvalue weighted by Gasteiger charge is -2.13. The molecule has 0 saturated heterocycles. The van der Waals surface area contributed by atoms with Crippen LogP contribution in [0.15, 0.2) is 24.4 Å². The molecule has 96 valence electrons. The van der Waals surface area contributed by atoms with Crippen molar-refractivity contribution in [2.45, 2.75) is 32.8 Å². The van der Waals surface area contributed by atoms with Crippen LogP contribution in [0.4, 0.5) is 0 Å². The Morgan fingerprint density at radius 3 is 2.67 bits per heavy atom. The second-order valence-electron chi connectivity index (χ2n) is 4.63. The SMILES string of the molecule is Cc1ccc(C(O)CCc2ccnn2C)c(C)n1. The van der Waals surface area contributed by atoms with Crippen molar-refractivity contribution in [3.63, 3.8) is 0 Å². The highest BCUT2D eigenvalue weighted by Crippen LogP contribution is 2.21. The highest BCUT2D eigenvalue weighted by atomic mass is 16.3. The number of aliphatic hydroxyl groups excluding tert-OH is 1. The van der Waals surface area contributed by atoms with E-state index in [1.165, 1.54) is 0 Å². The summed E-state index contributed by atoms with van der Waals surface area (Å²) in [5, 5.41) is 14.3. The molecule has 2 aromatic heterocycles. The average Bonchev–Trinajstić information content (AvgIpc) is 2.72. The van der Waals surface area contributed by atoms with Crippen LogP contribution in [0.3, 0.4) is 0 Å². The van der Waals surface area contributed by atoms with Crippen molar-refractivity contribution in [3.05, 3.63) is 47.0 Å². The van der Waals surface area contributed by atoms with Crippen molar-refractivity contribution in [2.24, 2.45) is 7.05 Å². The quantitative estimate of drug-likeness (QED) is 0.897. The van der Waals surface area contributed by atoms with Crippen molar-refractivity contribution in [1.82, 2.24) is 14.8 Å². The van der Waals surface area contributed by atoms with Crippen molar-refractivity contribution in [2.75, 3.05) is 0 Å². The number of hydrogen-bond donors (Lipinski definition) is 1. The molecule has 1 N–H and O–H groups in total. The lowest BCUT2D eigenvalue weighted by molar-refractivity contribution is 0.166. The summed E-state index contributed by atoms with van der Waals surface area (Å²) in [6.45, 7) is 3.90. The van der Waals surface area contributed by atoms with Gasteiger partial charge in [0.2, 0.25) is 0 Å². The Bertz CT molecular complexity index is 534. The molecular formula is C14H19N3O. The van der Waals surface area contributed by atoms with Crippen molar-refractivity contribution >= 4 is 0 Å². The largest absolute Gasteiger partial charge is 0.388 e. The maximum atomic E-state index is 10.2. The summed E-state index contributed by atoms with van der Waals surface area (Å²) in [5.74, 6) is 0. The Labute approximate surface area is 107 Å². The standard InChI is InChI=1S/C14H19N3O/c1-10-4-6-13(11(2)16-10)14(18)7-5-12-8-9-15-17(12)3/h4,6,8-9,14,18H,5,7H2,1-3H3. The van der Waals surface area contributed by atoms with Gasteiger partial charge >= 0.3 is 0 Å². The molecule has 0 aliphatic heterocycles. The fraction of sp³-hybridized carbons (Fsp3) is 0.429. The van der Waals surface area contributed by atoms with Crippen LogP contribution in [0, 0.1) is 13.8 Å². The summed E-state index contributed by atoms with van der Waals surface area (Å²) < 4.78 is 1.84. The van der Waals surface area contributed by atoms with Gasteiger partial charge in [-0.05, 0) is 38.8 Å². The van der Waals surface area contributed by atoms with Gasteiger partial charge in [-0.2, -0.15) is 5.10 Å². The summed E-state index contributed by atoms with van der Waals surface area (Å²) in [5.41, 5.74) is 3.94. The van der Waals surface area contributed by atoms with Crippen LogP contribution in [0.25, 0.3) is 0 Å². The minimum absolute atomic E-state index is 0.465. The molecule has 2 aromatic rings. The third-order valence-electron chi connectivity index (χ3n) is 3.22. The zero-order valence-electron chi connectivity index (χ0n) is 11.1. The van der Waals surface area contributed by atoms with E-state index in [0.29, 0.717) is 6.42 Å². The number of aromatic nitrogens is 3. The summed E-state index contributed by atoms with van der Waals surface area (Å²) in [4.78, 5) is 4.38. The number of nitrogens with zero attached hydrogens (tertiary/aromatic N) is 3.